The number of anilines is 1. The second kappa shape index (κ2) is 6.04. The highest BCUT2D eigenvalue weighted by atomic mass is 35.5. The summed E-state index contributed by atoms with van der Waals surface area (Å²) >= 11 is 5.73. The molecular formula is C13H17ClN2O3. The first-order valence-corrected chi connectivity index (χ1v) is 6.18. The van der Waals surface area contributed by atoms with Crippen LogP contribution in [-0.2, 0) is 4.79 Å². The molecule has 0 aromatic heterocycles. The summed E-state index contributed by atoms with van der Waals surface area (Å²) in [5.41, 5.74) is 5.54. The number of aromatic carboxylic acids is 1. The van der Waals surface area contributed by atoms with E-state index in [1.807, 2.05) is 13.8 Å². The summed E-state index contributed by atoms with van der Waals surface area (Å²) in [7, 11) is 0. The van der Waals surface area contributed by atoms with Crippen molar-refractivity contribution in [1.29, 1.82) is 0 Å². The van der Waals surface area contributed by atoms with Gasteiger partial charge >= 0.3 is 5.97 Å². The lowest BCUT2D eigenvalue weighted by molar-refractivity contribution is -0.116. The second-order valence-electron chi connectivity index (χ2n) is 5.03. The topological polar surface area (TPSA) is 92.4 Å². The quantitative estimate of drug-likeness (QED) is 0.774. The Bertz CT molecular complexity index is 495. The van der Waals surface area contributed by atoms with Gasteiger partial charge in [0.1, 0.15) is 0 Å². The number of carbonyl (C=O) groups excluding carboxylic acids is 1. The van der Waals surface area contributed by atoms with E-state index in [1.54, 1.807) is 0 Å². The highest BCUT2D eigenvalue weighted by Gasteiger charge is 2.16. The van der Waals surface area contributed by atoms with Crippen LogP contribution in [0, 0.1) is 0 Å². The van der Waals surface area contributed by atoms with Gasteiger partial charge in [-0.05, 0) is 38.5 Å². The summed E-state index contributed by atoms with van der Waals surface area (Å²) in [6.45, 7) is 3.65. The number of hydrogen-bond donors (Lipinski definition) is 3. The summed E-state index contributed by atoms with van der Waals surface area (Å²) in [6.07, 6.45) is 0.736. The van der Waals surface area contributed by atoms with Crippen LogP contribution in [0.4, 0.5) is 5.69 Å². The predicted octanol–water partition coefficient (Wildman–Crippen LogP) is 2.49. The molecule has 0 aliphatic carbocycles. The summed E-state index contributed by atoms with van der Waals surface area (Å²) in [4.78, 5) is 22.8. The number of rotatable bonds is 5. The molecule has 0 heterocycles. The van der Waals surface area contributed by atoms with Crippen LogP contribution < -0.4 is 11.1 Å². The van der Waals surface area contributed by atoms with Crippen LogP contribution in [-0.4, -0.2) is 22.5 Å². The number of hydrogen-bond acceptors (Lipinski definition) is 3. The van der Waals surface area contributed by atoms with Gasteiger partial charge in [0, 0.05) is 17.0 Å². The fraction of sp³-hybridized carbons (Fsp3) is 0.385. The van der Waals surface area contributed by atoms with Gasteiger partial charge in [-0.1, -0.05) is 11.6 Å². The zero-order valence-corrected chi connectivity index (χ0v) is 11.6. The van der Waals surface area contributed by atoms with E-state index >= 15 is 0 Å². The predicted molar refractivity (Wildman–Crippen MR) is 74.5 cm³/mol. The number of amides is 1. The highest BCUT2D eigenvalue weighted by molar-refractivity contribution is 6.31. The van der Waals surface area contributed by atoms with Crippen molar-refractivity contribution in [3.8, 4) is 0 Å². The molecule has 1 rings (SSSR count). The van der Waals surface area contributed by atoms with E-state index < -0.39 is 11.5 Å². The molecule has 104 valence electrons. The Hall–Kier alpha value is -1.59. The number of nitrogens with one attached hydrogen (secondary N) is 1. The maximum Gasteiger partial charge on any atom is 0.337 e. The van der Waals surface area contributed by atoms with E-state index in [0.717, 1.165) is 0 Å². The number of carboxylic acid groups (broad SMARTS) is 1. The summed E-state index contributed by atoms with van der Waals surface area (Å²) in [5, 5.41) is 11.9. The van der Waals surface area contributed by atoms with Crippen molar-refractivity contribution in [2.75, 3.05) is 5.32 Å². The van der Waals surface area contributed by atoms with E-state index in [4.69, 9.17) is 22.4 Å². The van der Waals surface area contributed by atoms with Gasteiger partial charge in [-0.25, -0.2) is 4.79 Å². The van der Waals surface area contributed by atoms with Crippen LogP contribution in [0.2, 0.25) is 5.02 Å². The molecule has 6 heteroatoms. The number of carbonyl (C=O) groups is 2. The molecule has 5 nitrogen and oxygen atoms in total. The molecule has 0 aliphatic heterocycles. The zero-order chi connectivity index (χ0) is 14.6. The Labute approximate surface area is 116 Å². The minimum Gasteiger partial charge on any atom is -0.478 e. The van der Waals surface area contributed by atoms with Crippen LogP contribution in [0.3, 0.4) is 0 Å². The van der Waals surface area contributed by atoms with Crippen molar-refractivity contribution in [3.05, 3.63) is 28.8 Å². The molecule has 1 amide bonds. The summed E-state index contributed by atoms with van der Waals surface area (Å²) in [5.74, 6) is -1.42. The molecular weight excluding hydrogens is 268 g/mol. The molecule has 0 bridgehead atoms. The molecule has 0 saturated heterocycles. The van der Waals surface area contributed by atoms with Gasteiger partial charge in [0.2, 0.25) is 5.91 Å². The van der Waals surface area contributed by atoms with Crippen molar-refractivity contribution in [2.24, 2.45) is 5.73 Å². The smallest absolute Gasteiger partial charge is 0.337 e. The van der Waals surface area contributed by atoms with E-state index in [1.165, 1.54) is 18.2 Å². The van der Waals surface area contributed by atoms with E-state index in [-0.39, 0.29) is 23.6 Å². The van der Waals surface area contributed by atoms with Crippen molar-refractivity contribution < 1.29 is 14.7 Å². The van der Waals surface area contributed by atoms with Crippen LogP contribution >= 0.6 is 11.6 Å². The maximum absolute atomic E-state index is 11.7. The molecule has 0 fully saturated rings. The normalized spacial score (nSPS) is 11.2. The lowest BCUT2D eigenvalue weighted by Gasteiger charge is -2.17. The lowest BCUT2D eigenvalue weighted by Crippen LogP contribution is -2.33. The van der Waals surface area contributed by atoms with Gasteiger partial charge in [-0.15, -0.1) is 0 Å². The second-order valence-corrected chi connectivity index (χ2v) is 5.47. The Balaban J connectivity index is 2.77. The molecule has 1 aromatic carbocycles. The molecule has 0 unspecified atom stereocenters. The van der Waals surface area contributed by atoms with Crippen molar-refractivity contribution in [2.45, 2.75) is 32.2 Å². The molecule has 19 heavy (non-hydrogen) atoms. The van der Waals surface area contributed by atoms with Crippen molar-refractivity contribution >= 4 is 29.2 Å². The Morgan fingerprint density at radius 1 is 1.42 bits per heavy atom. The van der Waals surface area contributed by atoms with E-state index in [9.17, 15) is 9.59 Å². The van der Waals surface area contributed by atoms with Crippen LogP contribution in [0.15, 0.2) is 18.2 Å². The Morgan fingerprint density at radius 2 is 2.05 bits per heavy atom. The third-order valence-electron chi connectivity index (χ3n) is 2.48. The third kappa shape index (κ3) is 5.28. The van der Waals surface area contributed by atoms with Gasteiger partial charge in [-0.2, -0.15) is 0 Å². The molecule has 0 atom stereocenters. The van der Waals surface area contributed by atoms with E-state index in [2.05, 4.69) is 5.32 Å². The molecule has 4 N–H and O–H groups in total. The first kappa shape index (κ1) is 15.5. The van der Waals surface area contributed by atoms with Crippen LogP contribution in [0.25, 0.3) is 0 Å². The number of carboxylic acids is 1. The average Bonchev–Trinajstić information content (AvgIpc) is 2.28. The van der Waals surface area contributed by atoms with Gasteiger partial charge in [-0.3, -0.25) is 4.79 Å². The van der Waals surface area contributed by atoms with Crippen LogP contribution in [0.5, 0.6) is 0 Å². The number of benzene rings is 1. The average molecular weight is 285 g/mol. The lowest BCUT2D eigenvalue weighted by atomic mass is 10.00. The number of halogens is 1. The third-order valence-corrected chi connectivity index (χ3v) is 2.72. The minimum absolute atomic E-state index is 0.0344. The first-order valence-electron chi connectivity index (χ1n) is 5.80. The van der Waals surface area contributed by atoms with E-state index in [0.29, 0.717) is 11.4 Å². The highest BCUT2D eigenvalue weighted by Crippen LogP contribution is 2.21. The summed E-state index contributed by atoms with van der Waals surface area (Å²) in [6, 6.07) is 4.29. The standard InChI is InChI=1S/C13H17ClN2O3/c1-13(2,15)6-5-11(17)16-10-4-3-8(14)7-9(10)12(18)19/h3-4,7H,5-6,15H2,1-2H3,(H,16,17)(H,18,19). The Kier molecular flexibility index (Phi) is 4.91. The van der Waals surface area contributed by atoms with Gasteiger partial charge in [0.15, 0.2) is 0 Å². The number of nitrogens with two attached hydrogens (primary N) is 1. The van der Waals surface area contributed by atoms with Crippen LogP contribution in [0.1, 0.15) is 37.0 Å². The first-order chi connectivity index (χ1) is 8.69. The van der Waals surface area contributed by atoms with Crippen molar-refractivity contribution in [1.82, 2.24) is 0 Å². The Morgan fingerprint density at radius 3 is 2.58 bits per heavy atom. The van der Waals surface area contributed by atoms with Gasteiger partial charge in [0.05, 0.1) is 11.3 Å². The van der Waals surface area contributed by atoms with Crippen molar-refractivity contribution in [3.63, 3.8) is 0 Å². The molecule has 0 aliphatic rings. The molecule has 0 radical (unpaired) electrons. The largest absolute Gasteiger partial charge is 0.478 e. The fourth-order valence-electron chi connectivity index (χ4n) is 1.45. The summed E-state index contributed by atoms with van der Waals surface area (Å²) < 4.78 is 0. The SMILES string of the molecule is CC(C)(N)CCC(=O)Nc1ccc(Cl)cc1C(=O)O. The molecule has 0 saturated carbocycles. The maximum atomic E-state index is 11.7. The van der Waals surface area contributed by atoms with Gasteiger partial charge < -0.3 is 16.2 Å². The fourth-order valence-corrected chi connectivity index (χ4v) is 1.62. The monoisotopic (exact) mass is 284 g/mol. The zero-order valence-electron chi connectivity index (χ0n) is 10.9. The molecule has 0 spiro atoms. The molecule has 1 aromatic rings. The minimum atomic E-state index is -1.14. The van der Waals surface area contributed by atoms with Gasteiger partial charge in [0.25, 0.3) is 0 Å².